The van der Waals surface area contributed by atoms with Crippen molar-refractivity contribution in [3.63, 3.8) is 0 Å². The highest BCUT2D eigenvalue weighted by Gasteiger charge is 2.28. The summed E-state index contributed by atoms with van der Waals surface area (Å²) in [6.45, 7) is 2.78. The van der Waals surface area contributed by atoms with Gasteiger partial charge in [0.25, 0.3) is 0 Å². The number of hydrogen-bond acceptors (Lipinski definition) is 3. The Morgan fingerprint density at radius 2 is 2.37 bits per heavy atom. The molecule has 2 N–H and O–H groups in total. The molecule has 0 saturated carbocycles. The second kappa shape index (κ2) is 5.03. The molecule has 2 unspecified atom stereocenters. The summed E-state index contributed by atoms with van der Waals surface area (Å²) in [5.74, 6) is 0.0951. The standard InChI is InChI=1S/C15H19N3O/c1-10-4-2-5-11-8-13(18-14(10)11)15(19)17-12-6-3-7-16-9-12/h2,4-5,7,12-13,18H,3,6,8-9H2,1H3,(H,17,19). The minimum atomic E-state index is -0.137. The number of aliphatic imine (C=N–C) groups is 1. The first-order valence-corrected chi connectivity index (χ1v) is 6.88. The van der Waals surface area contributed by atoms with Gasteiger partial charge >= 0.3 is 0 Å². The maximum atomic E-state index is 12.3. The van der Waals surface area contributed by atoms with Crippen LogP contribution in [0.5, 0.6) is 0 Å². The fourth-order valence-corrected chi connectivity index (χ4v) is 2.79. The van der Waals surface area contributed by atoms with Crippen LogP contribution in [0.25, 0.3) is 0 Å². The summed E-state index contributed by atoms with van der Waals surface area (Å²) in [5.41, 5.74) is 3.57. The molecule has 0 saturated heterocycles. The molecule has 2 aliphatic rings. The average molecular weight is 257 g/mol. The zero-order valence-corrected chi connectivity index (χ0v) is 11.1. The van der Waals surface area contributed by atoms with E-state index >= 15 is 0 Å². The van der Waals surface area contributed by atoms with Crippen LogP contribution in [0.15, 0.2) is 23.2 Å². The normalized spacial score (nSPS) is 24.7. The Labute approximate surface area is 113 Å². The van der Waals surface area contributed by atoms with Crippen molar-refractivity contribution in [2.45, 2.75) is 38.3 Å². The molecule has 1 aromatic carbocycles. The number of carbonyl (C=O) groups is 1. The molecule has 3 rings (SSSR count). The Hall–Kier alpha value is -1.84. The van der Waals surface area contributed by atoms with Gasteiger partial charge in [-0.1, -0.05) is 18.2 Å². The lowest BCUT2D eigenvalue weighted by molar-refractivity contribution is -0.122. The molecule has 2 aliphatic heterocycles. The number of rotatable bonds is 2. The molecule has 1 aromatic rings. The van der Waals surface area contributed by atoms with Gasteiger partial charge in [0, 0.05) is 18.2 Å². The second-order valence-corrected chi connectivity index (χ2v) is 5.34. The van der Waals surface area contributed by atoms with Crippen LogP contribution < -0.4 is 10.6 Å². The first-order chi connectivity index (χ1) is 9.24. The molecule has 0 fully saturated rings. The highest BCUT2D eigenvalue weighted by molar-refractivity contribution is 5.88. The van der Waals surface area contributed by atoms with E-state index in [-0.39, 0.29) is 18.0 Å². The van der Waals surface area contributed by atoms with Crippen molar-refractivity contribution < 1.29 is 4.79 Å². The maximum absolute atomic E-state index is 12.3. The fourth-order valence-electron chi connectivity index (χ4n) is 2.79. The van der Waals surface area contributed by atoms with Crippen molar-refractivity contribution in [2.24, 2.45) is 4.99 Å². The van der Waals surface area contributed by atoms with Gasteiger partial charge in [0.1, 0.15) is 6.04 Å². The number of amides is 1. The topological polar surface area (TPSA) is 53.5 Å². The van der Waals surface area contributed by atoms with Gasteiger partial charge in [0.15, 0.2) is 0 Å². The van der Waals surface area contributed by atoms with Crippen molar-refractivity contribution >= 4 is 17.8 Å². The van der Waals surface area contributed by atoms with Crippen molar-refractivity contribution in [1.82, 2.24) is 5.32 Å². The van der Waals surface area contributed by atoms with Crippen LogP contribution in [0, 0.1) is 6.92 Å². The lowest BCUT2D eigenvalue weighted by Crippen LogP contribution is -2.45. The second-order valence-electron chi connectivity index (χ2n) is 5.34. The summed E-state index contributed by atoms with van der Waals surface area (Å²) in [7, 11) is 0. The van der Waals surface area contributed by atoms with Crippen molar-refractivity contribution in [1.29, 1.82) is 0 Å². The number of nitrogens with one attached hydrogen (secondary N) is 2. The van der Waals surface area contributed by atoms with E-state index in [4.69, 9.17) is 0 Å². The molecular formula is C15H19N3O. The van der Waals surface area contributed by atoms with E-state index in [9.17, 15) is 4.79 Å². The molecule has 100 valence electrons. The van der Waals surface area contributed by atoms with E-state index in [1.807, 2.05) is 12.3 Å². The molecule has 2 atom stereocenters. The predicted molar refractivity (Wildman–Crippen MR) is 76.8 cm³/mol. The van der Waals surface area contributed by atoms with Gasteiger partial charge in [0.05, 0.1) is 6.54 Å². The van der Waals surface area contributed by atoms with E-state index < -0.39 is 0 Å². The Morgan fingerprint density at radius 1 is 1.47 bits per heavy atom. The summed E-state index contributed by atoms with van der Waals surface area (Å²) in [5, 5.41) is 6.44. The zero-order chi connectivity index (χ0) is 13.2. The lowest BCUT2D eigenvalue weighted by Gasteiger charge is -2.21. The molecule has 0 spiro atoms. The maximum Gasteiger partial charge on any atom is 0.243 e. The predicted octanol–water partition coefficient (Wildman–Crippen LogP) is 1.68. The van der Waals surface area contributed by atoms with Gasteiger partial charge in [0.2, 0.25) is 5.91 Å². The quantitative estimate of drug-likeness (QED) is 0.847. The van der Waals surface area contributed by atoms with Crippen LogP contribution in [-0.4, -0.2) is 30.8 Å². The summed E-state index contributed by atoms with van der Waals surface area (Å²) in [6.07, 6.45) is 4.67. The molecule has 4 nitrogen and oxygen atoms in total. The molecule has 0 radical (unpaired) electrons. The van der Waals surface area contributed by atoms with E-state index in [1.54, 1.807) is 0 Å². The van der Waals surface area contributed by atoms with Crippen molar-refractivity contribution in [2.75, 3.05) is 11.9 Å². The highest BCUT2D eigenvalue weighted by atomic mass is 16.2. The average Bonchev–Trinajstić information content (AvgIpc) is 2.85. The first kappa shape index (κ1) is 12.2. The number of hydrogen-bond donors (Lipinski definition) is 2. The molecule has 19 heavy (non-hydrogen) atoms. The number of fused-ring (bicyclic) bond motifs is 1. The van der Waals surface area contributed by atoms with Gasteiger partial charge in [-0.25, -0.2) is 0 Å². The van der Waals surface area contributed by atoms with E-state index in [0.717, 1.165) is 24.9 Å². The molecule has 0 aromatic heterocycles. The van der Waals surface area contributed by atoms with Crippen LogP contribution >= 0.6 is 0 Å². The van der Waals surface area contributed by atoms with Gasteiger partial charge in [-0.05, 0) is 37.1 Å². The molecule has 0 bridgehead atoms. The van der Waals surface area contributed by atoms with Crippen LogP contribution in [0.2, 0.25) is 0 Å². The largest absolute Gasteiger partial charge is 0.373 e. The summed E-state index contributed by atoms with van der Waals surface area (Å²) in [4.78, 5) is 16.5. The Kier molecular flexibility index (Phi) is 3.23. The lowest BCUT2D eigenvalue weighted by atomic mass is 10.1. The number of para-hydroxylation sites is 1. The van der Waals surface area contributed by atoms with E-state index in [0.29, 0.717) is 6.54 Å². The summed E-state index contributed by atoms with van der Waals surface area (Å²) in [6, 6.07) is 6.27. The minimum Gasteiger partial charge on any atom is -0.373 e. The molecule has 4 heteroatoms. The molecule has 2 heterocycles. The Morgan fingerprint density at radius 3 is 3.11 bits per heavy atom. The molecule has 0 aliphatic carbocycles. The highest BCUT2D eigenvalue weighted by Crippen LogP contribution is 2.29. The first-order valence-electron chi connectivity index (χ1n) is 6.88. The van der Waals surface area contributed by atoms with E-state index in [1.165, 1.54) is 11.1 Å². The third kappa shape index (κ3) is 2.48. The van der Waals surface area contributed by atoms with Crippen LogP contribution in [-0.2, 0) is 11.2 Å². The zero-order valence-electron chi connectivity index (χ0n) is 11.1. The number of nitrogens with zero attached hydrogens (tertiary/aromatic N) is 1. The van der Waals surface area contributed by atoms with E-state index in [2.05, 4.69) is 34.7 Å². The summed E-state index contributed by atoms with van der Waals surface area (Å²) >= 11 is 0. The number of benzene rings is 1. The molecule has 1 amide bonds. The fraction of sp³-hybridized carbons (Fsp3) is 0.467. The monoisotopic (exact) mass is 257 g/mol. The minimum absolute atomic E-state index is 0.0951. The van der Waals surface area contributed by atoms with Crippen molar-refractivity contribution in [3.05, 3.63) is 29.3 Å². The third-order valence-electron chi connectivity index (χ3n) is 3.86. The van der Waals surface area contributed by atoms with Crippen LogP contribution in [0.3, 0.4) is 0 Å². The third-order valence-corrected chi connectivity index (χ3v) is 3.86. The van der Waals surface area contributed by atoms with Gasteiger partial charge in [-0.2, -0.15) is 0 Å². The summed E-state index contributed by atoms with van der Waals surface area (Å²) < 4.78 is 0. The van der Waals surface area contributed by atoms with Crippen molar-refractivity contribution in [3.8, 4) is 0 Å². The Balaban J connectivity index is 1.64. The number of anilines is 1. The molecular weight excluding hydrogens is 238 g/mol. The number of carbonyl (C=O) groups excluding carboxylic acids is 1. The SMILES string of the molecule is Cc1cccc2c1NC(C(=O)NC1CCC=NC1)C2. The van der Waals surface area contributed by atoms with Crippen LogP contribution in [0.4, 0.5) is 5.69 Å². The Bertz CT molecular complexity index is 524. The smallest absolute Gasteiger partial charge is 0.243 e. The number of aryl methyl sites for hydroxylation is 1. The van der Waals surface area contributed by atoms with Gasteiger partial charge in [-0.3, -0.25) is 9.79 Å². The van der Waals surface area contributed by atoms with Gasteiger partial charge < -0.3 is 10.6 Å². The van der Waals surface area contributed by atoms with Crippen LogP contribution in [0.1, 0.15) is 24.0 Å². The van der Waals surface area contributed by atoms with Gasteiger partial charge in [-0.15, -0.1) is 0 Å².